The lowest BCUT2D eigenvalue weighted by molar-refractivity contribution is 0.217. The van der Waals surface area contributed by atoms with Crippen LogP contribution in [0.2, 0.25) is 0 Å². The Morgan fingerprint density at radius 3 is 2.43 bits per heavy atom. The Morgan fingerprint density at radius 1 is 1.14 bits per heavy atom. The third kappa shape index (κ3) is 2.91. The van der Waals surface area contributed by atoms with Crippen molar-refractivity contribution < 1.29 is 4.79 Å². The molecule has 1 saturated heterocycles. The Kier molecular flexibility index (Phi) is 3.91. The average Bonchev–Trinajstić information content (AvgIpc) is 3.03. The van der Waals surface area contributed by atoms with Gasteiger partial charge in [-0.1, -0.05) is 35.9 Å². The van der Waals surface area contributed by atoms with Gasteiger partial charge in [-0.25, -0.2) is 0 Å². The predicted molar refractivity (Wildman–Crippen MR) is 85.8 cm³/mol. The Hall–Kier alpha value is -2.30. The quantitative estimate of drug-likeness (QED) is 0.855. The molecule has 1 amide bonds. The van der Waals surface area contributed by atoms with Crippen molar-refractivity contribution >= 4 is 19.2 Å². The number of benzene rings is 1. The lowest BCUT2D eigenvalue weighted by atomic mass is 9.89. The summed E-state index contributed by atoms with van der Waals surface area (Å²) in [6.45, 7) is 1.61. The number of hydrogen-bond donors (Lipinski definition) is 1. The van der Waals surface area contributed by atoms with Crippen LogP contribution < -0.4 is 0 Å². The maximum atomic E-state index is 11.5. The second kappa shape index (κ2) is 6.00. The molecular weight excluding hydrogens is 261 g/mol. The van der Waals surface area contributed by atoms with E-state index in [1.807, 2.05) is 23.4 Å². The van der Waals surface area contributed by atoms with Crippen molar-refractivity contribution in [3.05, 3.63) is 59.4 Å². The van der Waals surface area contributed by atoms with Gasteiger partial charge >= 0.3 is 0 Å². The van der Waals surface area contributed by atoms with Gasteiger partial charge in [-0.15, -0.1) is 0 Å². The molecule has 0 aliphatic carbocycles. The predicted octanol–water partition coefficient (Wildman–Crippen LogP) is 2.06. The van der Waals surface area contributed by atoms with Crippen LogP contribution in [0.4, 0.5) is 4.79 Å². The first-order chi connectivity index (χ1) is 10.3. The Balaban J connectivity index is 1.97. The molecule has 0 radical (unpaired) electrons. The lowest BCUT2D eigenvalue weighted by Crippen LogP contribution is -2.35. The summed E-state index contributed by atoms with van der Waals surface area (Å²) in [6.07, 6.45) is 5.66. The van der Waals surface area contributed by atoms with Gasteiger partial charge in [0.05, 0.1) is 6.20 Å². The highest BCUT2D eigenvalue weighted by atomic mass is 16.1. The number of piperidine rings is 1. The summed E-state index contributed by atoms with van der Waals surface area (Å²) in [6, 6.07) is 10.4. The number of aromatic nitrogens is 2. The summed E-state index contributed by atoms with van der Waals surface area (Å²) < 4.78 is 0. The molecule has 1 aromatic carbocycles. The van der Waals surface area contributed by atoms with Crippen molar-refractivity contribution in [2.24, 2.45) is 0 Å². The van der Waals surface area contributed by atoms with E-state index in [9.17, 15) is 4.79 Å². The number of aromatic amines is 1. The van der Waals surface area contributed by atoms with Crippen LogP contribution in [0.15, 0.2) is 48.3 Å². The van der Waals surface area contributed by atoms with Gasteiger partial charge in [0.15, 0.2) is 5.81 Å². The Morgan fingerprint density at radius 2 is 1.86 bits per heavy atom. The monoisotopic (exact) mass is 279 g/mol. The van der Waals surface area contributed by atoms with Crippen LogP contribution in [0.3, 0.4) is 0 Å². The van der Waals surface area contributed by atoms with Crippen LogP contribution in [0.5, 0.6) is 0 Å². The molecule has 1 fully saturated rings. The minimum absolute atomic E-state index is 0.165. The summed E-state index contributed by atoms with van der Waals surface area (Å²) in [4.78, 5) is 13.4. The van der Waals surface area contributed by atoms with Crippen molar-refractivity contribution in [3.63, 3.8) is 0 Å². The van der Waals surface area contributed by atoms with Crippen molar-refractivity contribution in [3.8, 4) is 0 Å². The van der Waals surface area contributed by atoms with Crippen LogP contribution >= 0.6 is 0 Å². The zero-order valence-corrected chi connectivity index (χ0v) is 12.2. The van der Waals surface area contributed by atoms with E-state index in [4.69, 9.17) is 0 Å². The molecule has 0 bridgehead atoms. The van der Waals surface area contributed by atoms with Gasteiger partial charge in [-0.3, -0.25) is 9.89 Å². The molecule has 1 N–H and O–H groups in total. The molecule has 0 unspecified atom stereocenters. The minimum Gasteiger partial charge on any atom is -0.351 e. The lowest BCUT2D eigenvalue weighted by Gasteiger charge is -2.29. The molecule has 0 saturated carbocycles. The summed E-state index contributed by atoms with van der Waals surface area (Å²) in [5.41, 5.74) is 4.99. The fourth-order valence-corrected chi connectivity index (χ4v) is 2.91. The van der Waals surface area contributed by atoms with E-state index in [1.165, 1.54) is 16.7 Å². The molecule has 2 heterocycles. The molecule has 0 atom stereocenters. The number of nitrogens with zero attached hydrogens (tertiary/aromatic N) is 2. The molecule has 1 aliphatic rings. The summed E-state index contributed by atoms with van der Waals surface area (Å²) in [7, 11) is 1.64. The Labute approximate surface area is 125 Å². The standard InChI is InChI=1S/C16H18BN3O/c17-16(21)20-8-6-13(7-9-20)15(14-10-18-19-11-14)12-4-2-1-3-5-12/h1-5,10-11H,6-9,17H2,(H,18,19). The van der Waals surface area contributed by atoms with Gasteiger partial charge in [0.25, 0.3) is 0 Å². The van der Waals surface area contributed by atoms with Crippen LogP contribution in [-0.4, -0.2) is 41.8 Å². The molecule has 4 nitrogen and oxygen atoms in total. The van der Waals surface area contributed by atoms with E-state index in [-0.39, 0.29) is 5.81 Å². The topological polar surface area (TPSA) is 49.0 Å². The number of hydrogen-bond acceptors (Lipinski definition) is 2. The van der Waals surface area contributed by atoms with Crippen LogP contribution in [-0.2, 0) is 0 Å². The molecule has 1 aliphatic heterocycles. The van der Waals surface area contributed by atoms with Gasteiger partial charge in [0, 0.05) is 24.8 Å². The normalized spacial score (nSPS) is 15.0. The van der Waals surface area contributed by atoms with Crippen LogP contribution in [0.1, 0.15) is 24.0 Å². The van der Waals surface area contributed by atoms with Gasteiger partial charge < -0.3 is 4.90 Å². The number of carbonyl (C=O) groups excluding carboxylic acids is 1. The molecular formula is C16H18BN3O. The third-order valence-electron chi connectivity index (χ3n) is 4.02. The van der Waals surface area contributed by atoms with E-state index < -0.39 is 0 Å². The second-order valence-corrected chi connectivity index (χ2v) is 5.34. The van der Waals surface area contributed by atoms with E-state index in [0.717, 1.165) is 31.5 Å². The molecule has 0 spiro atoms. The molecule has 2 aromatic rings. The van der Waals surface area contributed by atoms with E-state index in [2.05, 4.69) is 34.5 Å². The first-order valence-electron chi connectivity index (χ1n) is 7.28. The van der Waals surface area contributed by atoms with Crippen molar-refractivity contribution in [2.75, 3.05) is 13.1 Å². The molecule has 3 rings (SSSR count). The second-order valence-electron chi connectivity index (χ2n) is 5.34. The SMILES string of the molecule is BC(=O)N1CCC(=C(c2ccccc2)c2cn[nH]c2)CC1. The summed E-state index contributed by atoms with van der Waals surface area (Å²) >= 11 is 0. The molecule has 106 valence electrons. The summed E-state index contributed by atoms with van der Waals surface area (Å²) in [5.74, 6) is 0.165. The largest absolute Gasteiger partial charge is 0.351 e. The zero-order valence-electron chi connectivity index (χ0n) is 12.2. The highest BCUT2D eigenvalue weighted by Crippen LogP contribution is 2.31. The van der Waals surface area contributed by atoms with Gasteiger partial charge in [0.2, 0.25) is 7.85 Å². The first-order valence-corrected chi connectivity index (χ1v) is 7.28. The van der Waals surface area contributed by atoms with Crippen molar-refractivity contribution in [1.82, 2.24) is 15.1 Å². The van der Waals surface area contributed by atoms with Gasteiger partial charge in [-0.05, 0) is 24.0 Å². The number of likely N-dealkylation sites (tertiary alicyclic amines) is 1. The fourth-order valence-electron chi connectivity index (χ4n) is 2.91. The number of rotatable bonds is 2. The maximum Gasteiger partial charge on any atom is 0.215 e. The third-order valence-corrected chi connectivity index (χ3v) is 4.02. The number of H-pyrrole nitrogens is 1. The maximum absolute atomic E-state index is 11.5. The smallest absolute Gasteiger partial charge is 0.215 e. The first kappa shape index (κ1) is 13.7. The zero-order chi connectivity index (χ0) is 14.7. The van der Waals surface area contributed by atoms with Crippen molar-refractivity contribution in [2.45, 2.75) is 12.8 Å². The fraction of sp³-hybridized carbons (Fsp3) is 0.250. The number of nitrogens with one attached hydrogen (secondary N) is 1. The van der Waals surface area contributed by atoms with Gasteiger partial charge in [-0.2, -0.15) is 5.10 Å². The number of carbonyl (C=O) groups is 1. The van der Waals surface area contributed by atoms with Crippen LogP contribution in [0, 0.1) is 0 Å². The molecule has 5 heteroatoms. The minimum atomic E-state index is 0.165. The highest BCUT2D eigenvalue weighted by Gasteiger charge is 2.20. The van der Waals surface area contributed by atoms with E-state index >= 15 is 0 Å². The Bertz CT molecular complexity index is 639. The van der Waals surface area contributed by atoms with Crippen molar-refractivity contribution in [1.29, 1.82) is 0 Å². The van der Waals surface area contributed by atoms with Crippen LogP contribution in [0.25, 0.3) is 5.57 Å². The highest BCUT2D eigenvalue weighted by molar-refractivity contribution is 6.56. The molecule has 1 aromatic heterocycles. The summed E-state index contributed by atoms with van der Waals surface area (Å²) in [5, 5.41) is 6.98. The van der Waals surface area contributed by atoms with E-state index in [0.29, 0.717) is 0 Å². The van der Waals surface area contributed by atoms with E-state index in [1.54, 1.807) is 7.85 Å². The average molecular weight is 279 g/mol. The van der Waals surface area contributed by atoms with Gasteiger partial charge in [0.1, 0.15) is 0 Å². The number of amides is 1. The molecule has 21 heavy (non-hydrogen) atoms.